The Hall–Kier alpha value is -2.14. The SMILES string of the molecule is C=CCNCC(=O)Nc1ccc2cn[nH]c2c1. The summed E-state index contributed by atoms with van der Waals surface area (Å²) in [5.74, 6) is -0.0780. The van der Waals surface area contributed by atoms with Crippen LogP contribution < -0.4 is 10.6 Å². The molecule has 0 fully saturated rings. The summed E-state index contributed by atoms with van der Waals surface area (Å²) in [5, 5.41) is 13.5. The molecule has 5 heteroatoms. The van der Waals surface area contributed by atoms with Crippen LogP contribution in [-0.2, 0) is 4.79 Å². The topological polar surface area (TPSA) is 69.8 Å². The minimum absolute atomic E-state index is 0.0780. The lowest BCUT2D eigenvalue weighted by atomic mass is 10.2. The fraction of sp³-hybridized carbons (Fsp3) is 0.167. The van der Waals surface area contributed by atoms with Crippen LogP contribution in [0.4, 0.5) is 5.69 Å². The molecule has 1 aromatic heterocycles. The molecular formula is C12H14N4O. The highest BCUT2D eigenvalue weighted by molar-refractivity contribution is 5.94. The number of carbonyl (C=O) groups excluding carboxylic acids is 1. The van der Waals surface area contributed by atoms with E-state index in [0.29, 0.717) is 6.54 Å². The second kappa shape index (κ2) is 5.27. The van der Waals surface area contributed by atoms with Gasteiger partial charge in [0.15, 0.2) is 0 Å². The van der Waals surface area contributed by atoms with Crippen LogP contribution in [-0.4, -0.2) is 29.2 Å². The second-order valence-corrected chi connectivity index (χ2v) is 3.64. The summed E-state index contributed by atoms with van der Waals surface area (Å²) in [6.45, 7) is 4.45. The molecule has 0 atom stereocenters. The van der Waals surface area contributed by atoms with Crippen molar-refractivity contribution >= 4 is 22.5 Å². The summed E-state index contributed by atoms with van der Waals surface area (Å²) < 4.78 is 0. The van der Waals surface area contributed by atoms with Crippen LogP contribution in [0.2, 0.25) is 0 Å². The molecule has 1 aromatic carbocycles. The first-order valence-electron chi connectivity index (χ1n) is 5.34. The summed E-state index contributed by atoms with van der Waals surface area (Å²) in [4.78, 5) is 11.5. The number of hydrogen-bond donors (Lipinski definition) is 3. The molecule has 0 bridgehead atoms. The van der Waals surface area contributed by atoms with Crippen LogP contribution in [0.5, 0.6) is 0 Å². The van der Waals surface area contributed by atoms with Crippen LogP contribution in [0, 0.1) is 0 Å². The summed E-state index contributed by atoms with van der Waals surface area (Å²) in [7, 11) is 0. The fourth-order valence-electron chi connectivity index (χ4n) is 1.51. The van der Waals surface area contributed by atoms with Gasteiger partial charge in [0.1, 0.15) is 0 Å². The molecule has 17 heavy (non-hydrogen) atoms. The lowest BCUT2D eigenvalue weighted by Crippen LogP contribution is -2.28. The molecule has 2 aromatic rings. The van der Waals surface area contributed by atoms with E-state index in [0.717, 1.165) is 16.6 Å². The molecule has 0 aliphatic rings. The van der Waals surface area contributed by atoms with E-state index in [-0.39, 0.29) is 12.5 Å². The van der Waals surface area contributed by atoms with Gasteiger partial charge in [-0.3, -0.25) is 9.89 Å². The molecule has 5 nitrogen and oxygen atoms in total. The Balaban J connectivity index is 1.97. The van der Waals surface area contributed by atoms with E-state index in [4.69, 9.17) is 0 Å². The first-order valence-corrected chi connectivity index (χ1v) is 5.34. The van der Waals surface area contributed by atoms with Gasteiger partial charge in [0.25, 0.3) is 0 Å². The van der Waals surface area contributed by atoms with Crippen molar-refractivity contribution in [1.29, 1.82) is 0 Å². The smallest absolute Gasteiger partial charge is 0.238 e. The number of carbonyl (C=O) groups is 1. The van der Waals surface area contributed by atoms with Crippen LogP contribution in [0.3, 0.4) is 0 Å². The Morgan fingerprint density at radius 2 is 2.41 bits per heavy atom. The van der Waals surface area contributed by atoms with E-state index in [9.17, 15) is 4.79 Å². The average Bonchev–Trinajstić information content (AvgIpc) is 2.76. The van der Waals surface area contributed by atoms with Crippen molar-refractivity contribution < 1.29 is 4.79 Å². The third-order valence-corrected chi connectivity index (χ3v) is 2.30. The lowest BCUT2D eigenvalue weighted by molar-refractivity contribution is -0.115. The Morgan fingerprint density at radius 3 is 3.24 bits per heavy atom. The number of H-pyrrole nitrogens is 1. The summed E-state index contributed by atoms with van der Waals surface area (Å²) >= 11 is 0. The zero-order valence-corrected chi connectivity index (χ0v) is 9.36. The lowest BCUT2D eigenvalue weighted by Gasteiger charge is -2.05. The molecule has 0 saturated heterocycles. The third-order valence-electron chi connectivity index (χ3n) is 2.30. The number of anilines is 1. The molecule has 3 N–H and O–H groups in total. The first-order chi connectivity index (χ1) is 8.29. The van der Waals surface area contributed by atoms with Gasteiger partial charge in [-0.1, -0.05) is 6.08 Å². The molecule has 1 heterocycles. The zero-order chi connectivity index (χ0) is 12.1. The van der Waals surface area contributed by atoms with E-state index in [1.165, 1.54) is 0 Å². The van der Waals surface area contributed by atoms with Crippen LogP contribution in [0.1, 0.15) is 0 Å². The number of aromatic nitrogens is 2. The van der Waals surface area contributed by atoms with Gasteiger partial charge >= 0.3 is 0 Å². The predicted molar refractivity (Wildman–Crippen MR) is 67.8 cm³/mol. The molecule has 0 unspecified atom stereocenters. The minimum atomic E-state index is -0.0780. The standard InChI is InChI=1S/C12H14N4O/c1-2-5-13-8-12(17)15-10-4-3-9-7-14-16-11(9)6-10/h2-4,6-7,13H,1,5,8H2,(H,14,16)(H,15,17). The normalized spacial score (nSPS) is 10.4. The number of fused-ring (bicyclic) bond motifs is 1. The van der Waals surface area contributed by atoms with E-state index >= 15 is 0 Å². The Morgan fingerprint density at radius 1 is 1.53 bits per heavy atom. The van der Waals surface area contributed by atoms with Crippen LogP contribution in [0.25, 0.3) is 10.9 Å². The number of rotatable bonds is 5. The number of benzene rings is 1. The van der Waals surface area contributed by atoms with E-state index in [2.05, 4.69) is 27.4 Å². The van der Waals surface area contributed by atoms with Gasteiger partial charge in [0, 0.05) is 17.6 Å². The maximum Gasteiger partial charge on any atom is 0.238 e. The van der Waals surface area contributed by atoms with Crippen LogP contribution >= 0.6 is 0 Å². The highest BCUT2D eigenvalue weighted by atomic mass is 16.1. The Bertz CT molecular complexity index is 532. The van der Waals surface area contributed by atoms with Crippen molar-refractivity contribution in [2.75, 3.05) is 18.4 Å². The largest absolute Gasteiger partial charge is 0.325 e. The summed E-state index contributed by atoms with van der Waals surface area (Å²) in [6.07, 6.45) is 3.45. The monoisotopic (exact) mass is 230 g/mol. The molecule has 0 aliphatic heterocycles. The van der Waals surface area contributed by atoms with Gasteiger partial charge < -0.3 is 10.6 Å². The molecular weight excluding hydrogens is 216 g/mol. The Kier molecular flexibility index (Phi) is 3.52. The predicted octanol–water partition coefficient (Wildman–Crippen LogP) is 1.28. The van der Waals surface area contributed by atoms with Crippen molar-refractivity contribution in [2.24, 2.45) is 0 Å². The maximum absolute atomic E-state index is 11.5. The highest BCUT2D eigenvalue weighted by Gasteiger charge is 2.02. The quantitative estimate of drug-likeness (QED) is 0.535. The Labute approximate surface area is 98.9 Å². The van der Waals surface area contributed by atoms with E-state index in [1.54, 1.807) is 12.3 Å². The minimum Gasteiger partial charge on any atom is -0.325 e. The van der Waals surface area contributed by atoms with Gasteiger partial charge in [-0.05, 0) is 18.2 Å². The highest BCUT2D eigenvalue weighted by Crippen LogP contribution is 2.16. The average molecular weight is 230 g/mol. The second-order valence-electron chi connectivity index (χ2n) is 3.64. The molecule has 0 radical (unpaired) electrons. The van der Waals surface area contributed by atoms with Crippen molar-refractivity contribution in [3.8, 4) is 0 Å². The van der Waals surface area contributed by atoms with Crippen molar-refractivity contribution in [1.82, 2.24) is 15.5 Å². The number of nitrogens with zero attached hydrogens (tertiary/aromatic N) is 1. The number of nitrogens with one attached hydrogen (secondary N) is 3. The van der Waals surface area contributed by atoms with Gasteiger partial charge in [-0.25, -0.2) is 0 Å². The molecule has 2 rings (SSSR count). The van der Waals surface area contributed by atoms with Crippen LogP contribution in [0.15, 0.2) is 37.1 Å². The van der Waals surface area contributed by atoms with Crippen molar-refractivity contribution in [3.63, 3.8) is 0 Å². The summed E-state index contributed by atoms with van der Waals surface area (Å²) in [6, 6.07) is 5.61. The molecule has 1 amide bonds. The van der Waals surface area contributed by atoms with Crippen molar-refractivity contribution in [2.45, 2.75) is 0 Å². The number of aromatic amines is 1. The molecule has 0 saturated carbocycles. The van der Waals surface area contributed by atoms with Gasteiger partial charge in [0.2, 0.25) is 5.91 Å². The third kappa shape index (κ3) is 2.92. The summed E-state index contributed by atoms with van der Waals surface area (Å²) in [5.41, 5.74) is 1.66. The number of hydrogen-bond acceptors (Lipinski definition) is 3. The van der Waals surface area contributed by atoms with Gasteiger partial charge in [-0.15, -0.1) is 6.58 Å². The zero-order valence-electron chi connectivity index (χ0n) is 9.36. The van der Waals surface area contributed by atoms with Crippen molar-refractivity contribution in [3.05, 3.63) is 37.1 Å². The van der Waals surface area contributed by atoms with Gasteiger partial charge in [-0.2, -0.15) is 5.10 Å². The molecule has 88 valence electrons. The first kappa shape index (κ1) is 11.3. The van der Waals surface area contributed by atoms with E-state index < -0.39 is 0 Å². The molecule has 0 spiro atoms. The number of amides is 1. The molecule has 0 aliphatic carbocycles. The van der Waals surface area contributed by atoms with E-state index in [1.807, 2.05) is 18.2 Å². The maximum atomic E-state index is 11.5. The van der Waals surface area contributed by atoms with Gasteiger partial charge in [0.05, 0.1) is 18.3 Å². The fourth-order valence-corrected chi connectivity index (χ4v) is 1.51.